The third-order valence-corrected chi connectivity index (χ3v) is 5.05. The third kappa shape index (κ3) is 5.13. The lowest BCUT2D eigenvalue weighted by Gasteiger charge is -2.36. The number of urea groups is 1. The summed E-state index contributed by atoms with van der Waals surface area (Å²) in [5.41, 5.74) is 1.79. The normalized spacial score (nSPS) is 17.5. The molecule has 0 radical (unpaired) electrons. The molecular weight excluding hydrogens is 362 g/mol. The molecule has 0 atom stereocenters. The second-order valence-corrected chi connectivity index (χ2v) is 7.14. The standard InChI is InChI=1S/C20H26ClN5O/c1-17-6-2-3-10-25(17)20(27)26(22)11-5-9-23-12-14-24(15-13-23)19-8-4-7-18(21)16-19/h2-4,6-8,10,16H,1,5,9,11-15,22H2. The summed E-state index contributed by atoms with van der Waals surface area (Å²) in [6.07, 6.45) is 7.93. The van der Waals surface area contributed by atoms with Gasteiger partial charge in [-0.1, -0.05) is 30.3 Å². The number of carbonyl (C=O) groups excluding carboxylic acids is 1. The molecule has 2 aliphatic heterocycles. The Morgan fingerprint density at radius 2 is 2.00 bits per heavy atom. The molecule has 0 spiro atoms. The van der Waals surface area contributed by atoms with E-state index in [0.717, 1.165) is 44.2 Å². The zero-order valence-corrected chi connectivity index (χ0v) is 16.2. The van der Waals surface area contributed by atoms with Crippen molar-refractivity contribution in [3.05, 3.63) is 66.0 Å². The van der Waals surface area contributed by atoms with Gasteiger partial charge in [-0.3, -0.25) is 14.8 Å². The molecule has 1 aromatic rings. The van der Waals surface area contributed by atoms with Crippen LogP contribution in [0.3, 0.4) is 0 Å². The average Bonchev–Trinajstić information content (AvgIpc) is 2.68. The summed E-state index contributed by atoms with van der Waals surface area (Å²) < 4.78 is 0. The fourth-order valence-corrected chi connectivity index (χ4v) is 3.45. The van der Waals surface area contributed by atoms with Gasteiger partial charge >= 0.3 is 6.03 Å². The Kier molecular flexibility index (Phi) is 6.55. The molecule has 0 aromatic heterocycles. The molecule has 0 bridgehead atoms. The van der Waals surface area contributed by atoms with Crippen molar-refractivity contribution in [1.29, 1.82) is 0 Å². The summed E-state index contributed by atoms with van der Waals surface area (Å²) in [4.78, 5) is 18.6. The van der Waals surface area contributed by atoms with Gasteiger partial charge in [-0.2, -0.15) is 0 Å². The van der Waals surface area contributed by atoms with Crippen LogP contribution in [-0.2, 0) is 0 Å². The summed E-state index contributed by atoms with van der Waals surface area (Å²) in [6, 6.07) is 7.72. The Balaban J connectivity index is 1.39. The van der Waals surface area contributed by atoms with E-state index in [4.69, 9.17) is 17.4 Å². The zero-order chi connectivity index (χ0) is 19.2. The number of hydrogen-bond donors (Lipinski definition) is 1. The van der Waals surface area contributed by atoms with Gasteiger partial charge in [0.1, 0.15) is 0 Å². The van der Waals surface area contributed by atoms with Crippen LogP contribution in [0.1, 0.15) is 6.42 Å². The van der Waals surface area contributed by atoms with Gasteiger partial charge in [-0.15, -0.1) is 0 Å². The number of benzene rings is 1. The van der Waals surface area contributed by atoms with Crippen LogP contribution >= 0.6 is 11.6 Å². The van der Waals surface area contributed by atoms with Gasteiger partial charge in [0.25, 0.3) is 0 Å². The molecule has 2 amide bonds. The smallest absolute Gasteiger partial charge is 0.342 e. The van der Waals surface area contributed by atoms with Crippen molar-refractivity contribution in [3.8, 4) is 0 Å². The number of carbonyl (C=O) groups is 1. The number of allylic oxidation sites excluding steroid dienone is 3. The molecule has 0 saturated carbocycles. The molecular formula is C20H26ClN5O. The number of nitrogens with two attached hydrogens (primary N) is 1. The van der Waals surface area contributed by atoms with Gasteiger partial charge in [0, 0.05) is 61.9 Å². The average molecular weight is 388 g/mol. The van der Waals surface area contributed by atoms with E-state index in [1.165, 1.54) is 15.6 Å². The highest BCUT2D eigenvalue weighted by molar-refractivity contribution is 6.30. The Morgan fingerprint density at radius 3 is 2.70 bits per heavy atom. The number of hydrazine groups is 1. The molecule has 2 aliphatic rings. The van der Waals surface area contributed by atoms with Crippen molar-refractivity contribution in [1.82, 2.24) is 14.8 Å². The van der Waals surface area contributed by atoms with E-state index in [-0.39, 0.29) is 6.03 Å². The first kappa shape index (κ1) is 19.5. The van der Waals surface area contributed by atoms with Gasteiger partial charge in [0.05, 0.1) is 0 Å². The van der Waals surface area contributed by atoms with Gasteiger partial charge in [0.2, 0.25) is 0 Å². The first-order valence-corrected chi connectivity index (χ1v) is 9.54. The van der Waals surface area contributed by atoms with E-state index >= 15 is 0 Å². The lowest BCUT2D eigenvalue weighted by atomic mass is 10.2. The van der Waals surface area contributed by atoms with E-state index in [9.17, 15) is 4.79 Å². The fourth-order valence-electron chi connectivity index (χ4n) is 3.27. The zero-order valence-electron chi connectivity index (χ0n) is 15.4. The maximum Gasteiger partial charge on any atom is 0.342 e. The highest BCUT2D eigenvalue weighted by atomic mass is 35.5. The summed E-state index contributed by atoms with van der Waals surface area (Å²) in [5.74, 6) is 5.94. The molecule has 0 unspecified atom stereocenters. The van der Waals surface area contributed by atoms with E-state index in [2.05, 4.69) is 22.4 Å². The first-order valence-electron chi connectivity index (χ1n) is 9.16. The highest BCUT2D eigenvalue weighted by Gasteiger charge is 2.20. The SMILES string of the molecule is C=C1C=CC=CN1C(=O)N(N)CCCN1CCN(c2cccc(Cl)c2)CC1. The minimum absolute atomic E-state index is 0.258. The Hall–Kier alpha value is -2.28. The number of amides is 2. The van der Waals surface area contributed by atoms with Gasteiger partial charge < -0.3 is 4.90 Å². The number of rotatable bonds is 5. The molecule has 6 nitrogen and oxygen atoms in total. The number of nitrogens with zero attached hydrogens (tertiary/aromatic N) is 4. The topological polar surface area (TPSA) is 56.1 Å². The van der Waals surface area contributed by atoms with Crippen LogP contribution in [0.15, 0.2) is 61.0 Å². The lowest BCUT2D eigenvalue weighted by Crippen LogP contribution is -2.48. The molecule has 144 valence electrons. The van der Waals surface area contributed by atoms with E-state index in [1.807, 2.05) is 24.3 Å². The van der Waals surface area contributed by atoms with Crippen LogP contribution in [0.4, 0.5) is 10.5 Å². The largest absolute Gasteiger partial charge is 0.369 e. The molecule has 2 heterocycles. The molecule has 0 aliphatic carbocycles. The predicted molar refractivity (Wildman–Crippen MR) is 110 cm³/mol. The minimum Gasteiger partial charge on any atom is -0.369 e. The Bertz CT molecular complexity index is 740. The fraction of sp³-hybridized carbons (Fsp3) is 0.350. The van der Waals surface area contributed by atoms with Crippen LogP contribution in [0.2, 0.25) is 5.02 Å². The minimum atomic E-state index is -0.258. The van der Waals surface area contributed by atoms with Crippen molar-refractivity contribution < 1.29 is 4.79 Å². The van der Waals surface area contributed by atoms with Crippen LogP contribution in [0.25, 0.3) is 0 Å². The number of hydrogen-bond acceptors (Lipinski definition) is 4. The number of piperazine rings is 1. The van der Waals surface area contributed by atoms with Gasteiger partial charge in [-0.25, -0.2) is 10.6 Å². The monoisotopic (exact) mass is 387 g/mol. The summed E-state index contributed by atoms with van der Waals surface area (Å²) >= 11 is 6.08. The maximum atomic E-state index is 12.4. The number of halogens is 1. The highest BCUT2D eigenvalue weighted by Crippen LogP contribution is 2.20. The molecule has 3 rings (SSSR count). The van der Waals surface area contributed by atoms with Crippen molar-refractivity contribution in [2.24, 2.45) is 5.84 Å². The van der Waals surface area contributed by atoms with Crippen molar-refractivity contribution in [2.45, 2.75) is 6.42 Å². The van der Waals surface area contributed by atoms with Crippen LogP contribution in [0.5, 0.6) is 0 Å². The van der Waals surface area contributed by atoms with Gasteiger partial charge in [0.15, 0.2) is 0 Å². The van der Waals surface area contributed by atoms with Crippen molar-refractivity contribution >= 4 is 23.3 Å². The lowest BCUT2D eigenvalue weighted by molar-refractivity contribution is 0.173. The second-order valence-electron chi connectivity index (χ2n) is 6.70. The molecule has 1 fully saturated rings. The van der Waals surface area contributed by atoms with Crippen molar-refractivity contribution in [3.63, 3.8) is 0 Å². The van der Waals surface area contributed by atoms with Gasteiger partial charge in [-0.05, 0) is 36.8 Å². The summed E-state index contributed by atoms with van der Waals surface area (Å²) in [5, 5.41) is 2.03. The summed E-state index contributed by atoms with van der Waals surface area (Å²) in [7, 11) is 0. The molecule has 2 N–H and O–H groups in total. The maximum absolute atomic E-state index is 12.4. The molecule has 1 aromatic carbocycles. The predicted octanol–water partition coefficient (Wildman–Crippen LogP) is 3.05. The number of anilines is 1. The van der Waals surface area contributed by atoms with E-state index in [1.54, 1.807) is 18.4 Å². The van der Waals surface area contributed by atoms with Crippen molar-refractivity contribution in [2.75, 3.05) is 44.2 Å². The van der Waals surface area contributed by atoms with Crippen LogP contribution in [-0.4, -0.2) is 60.1 Å². The third-order valence-electron chi connectivity index (χ3n) is 4.82. The Morgan fingerprint density at radius 1 is 1.22 bits per heavy atom. The van der Waals surface area contributed by atoms with Crippen LogP contribution < -0.4 is 10.7 Å². The first-order chi connectivity index (χ1) is 13.0. The van der Waals surface area contributed by atoms with Crippen LogP contribution in [0, 0.1) is 0 Å². The Labute approximate surface area is 165 Å². The molecule has 27 heavy (non-hydrogen) atoms. The molecule has 1 saturated heterocycles. The quantitative estimate of drug-likeness (QED) is 0.479. The molecule has 7 heteroatoms. The van der Waals surface area contributed by atoms with E-state index in [0.29, 0.717) is 12.2 Å². The summed E-state index contributed by atoms with van der Waals surface area (Å²) in [6.45, 7) is 9.19. The van der Waals surface area contributed by atoms with E-state index < -0.39 is 0 Å². The second kappa shape index (κ2) is 9.08.